The molecule has 0 aliphatic rings. The fraction of sp³-hybridized carbons (Fsp3) is 0.556. The molecular weight excluding hydrogens is 254 g/mol. The van der Waals surface area contributed by atoms with E-state index in [0.717, 1.165) is 4.57 Å². The predicted molar refractivity (Wildman–Crippen MR) is 56.6 cm³/mol. The topological polar surface area (TPSA) is 61.7 Å². The number of aromatic nitrogens is 4. The molecule has 0 aromatic carbocycles. The van der Waals surface area contributed by atoms with Crippen LogP contribution < -0.4 is 5.73 Å². The molecule has 2 rings (SSSR count). The fourth-order valence-corrected chi connectivity index (χ4v) is 1.79. The Morgan fingerprint density at radius 2 is 2.00 bits per heavy atom. The second-order valence-electron chi connectivity index (χ2n) is 4.00. The van der Waals surface area contributed by atoms with E-state index >= 15 is 0 Å². The van der Waals surface area contributed by atoms with Gasteiger partial charge < -0.3 is 5.73 Å². The molecule has 0 atom stereocenters. The van der Waals surface area contributed by atoms with Crippen molar-refractivity contribution in [3.8, 4) is 0 Å². The molecule has 0 aliphatic heterocycles. The molecule has 0 amide bonds. The molecule has 0 radical (unpaired) electrons. The second-order valence-corrected chi connectivity index (χ2v) is 4.00. The number of halogens is 4. The zero-order valence-corrected chi connectivity index (χ0v) is 9.66. The van der Waals surface area contributed by atoms with Gasteiger partial charge in [0.15, 0.2) is 5.65 Å². The van der Waals surface area contributed by atoms with E-state index < -0.39 is 18.9 Å². The highest BCUT2D eigenvalue weighted by molar-refractivity contribution is 5.77. The van der Waals surface area contributed by atoms with Crippen molar-refractivity contribution in [3.63, 3.8) is 0 Å². The normalized spacial score (nSPS) is 12.8. The molecule has 2 aromatic rings. The monoisotopic (exact) mass is 265 g/mol. The van der Waals surface area contributed by atoms with E-state index in [2.05, 4.69) is 10.1 Å². The van der Waals surface area contributed by atoms with Gasteiger partial charge in [-0.15, -0.1) is 0 Å². The highest BCUT2D eigenvalue weighted by Gasteiger charge is 2.42. The standard InChI is InChI=1S/C9H11F4N5/c1-4-5-6(17(2)16-4)18(8(14)15-5)3-9(12,13)7(10)11/h7H,3H2,1-2H3,(H2,14,15). The number of aryl methyl sites for hydroxylation is 2. The molecule has 2 heterocycles. The van der Waals surface area contributed by atoms with Crippen LogP contribution in [0.25, 0.3) is 11.2 Å². The number of hydrogen-bond donors (Lipinski definition) is 1. The first kappa shape index (κ1) is 12.7. The van der Waals surface area contributed by atoms with Gasteiger partial charge in [0.25, 0.3) is 0 Å². The number of alkyl halides is 4. The zero-order valence-electron chi connectivity index (χ0n) is 9.66. The van der Waals surface area contributed by atoms with Gasteiger partial charge in [-0.3, -0.25) is 9.25 Å². The van der Waals surface area contributed by atoms with Crippen LogP contribution in [0.15, 0.2) is 0 Å². The molecule has 0 saturated heterocycles. The van der Waals surface area contributed by atoms with Crippen LogP contribution in [-0.4, -0.2) is 31.7 Å². The van der Waals surface area contributed by atoms with Crippen LogP contribution in [0.2, 0.25) is 0 Å². The summed E-state index contributed by atoms with van der Waals surface area (Å²) in [6.07, 6.45) is -3.76. The number of hydrogen-bond acceptors (Lipinski definition) is 3. The van der Waals surface area contributed by atoms with Crippen LogP contribution in [0.4, 0.5) is 23.5 Å². The van der Waals surface area contributed by atoms with Crippen LogP contribution >= 0.6 is 0 Å². The first-order chi connectivity index (χ1) is 8.24. The van der Waals surface area contributed by atoms with E-state index in [1.54, 1.807) is 6.92 Å². The van der Waals surface area contributed by atoms with Gasteiger partial charge >= 0.3 is 12.3 Å². The summed E-state index contributed by atoms with van der Waals surface area (Å²) in [5.41, 5.74) is 6.51. The number of nitrogens with two attached hydrogens (primary N) is 1. The van der Waals surface area contributed by atoms with E-state index in [9.17, 15) is 17.6 Å². The highest BCUT2D eigenvalue weighted by Crippen LogP contribution is 2.29. The maximum Gasteiger partial charge on any atom is 0.325 e. The molecule has 5 nitrogen and oxygen atoms in total. The van der Waals surface area contributed by atoms with Crippen molar-refractivity contribution in [3.05, 3.63) is 5.69 Å². The Balaban J connectivity index is 2.54. The Labute approximate surface area is 99.2 Å². The Hall–Kier alpha value is -1.80. The third kappa shape index (κ3) is 1.79. The highest BCUT2D eigenvalue weighted by atomic mass is 19.3. The van der Waals surface area contributed by atoms with Crippen LogP contribution in [-0.2, 0) is 13.6 Å². The summed E-state index contributed by atoms with van der Waals surface area (Å²) in [5, 5.41) is 3.97. The fourth-order valence-electron chi connectivity index (χ4n) is 1.79. The molecule has 0 unspecified atom stereocenters. The van der Waals surface area contributed by atoms with Crippen LogP contribution in [0.3, 0.4) is 0 Å². The Morgan fingerprint density at radius 1 is 1.39 bits per heavy atom. The lowest BCUT2D eigenvalue weighted by Crippen LogP contribution is -2.32. The van der Waals surface area contributed by atoms with Crippen molar-refractivity contribution in [1.29, 1.82) is 0 Å². The van der Waals surface area contributed by atoms with Gasteiger partial charge in [-0.1, -0.05) is 0 Å². The smallest absolute Gasteiger partial charge is 0.325 e. The quantitative estimate of drug-likeness (QED) is 0.857. The Morgan fingerprint density at radius 3 is 2.56 bits per heavy atom. The van der Waals surface area contributed by atoms with Crippen molar-refractivity contribution in [2.45, 2.75) is 25.8 Å². The van der Waals surface area contributed by atoms with E-state index in [1.165, 1.54) is 11.7 Å². The third-order valence-electron chi connectivity index (χ3n) is 2.61. The minimum absolute atomic E-state index is 0.199. The minimum atomic E-state index is -4.17. The number of rotatable bonds is 3. The van der Waals surface area contributed by atoms with E-state index in [-0.39, 0.29) is 11.6 Å². The summed E-state index contributed by atoms with van der Waals surface area (Å²) in [7, 11) is 1.51. The lowest BCUT2D eigenvalue weighted by molar-refractivity contribution is -0.137. The molecule has 100 valence electrons. The van der Waals surface area contributed by atoms with Gasteiger partial charge in [0.05, 0.1) is 12.2 Å². The number of anilines is 1. The summed E-state index contributed by atoms with van der Waals surface area (Å²) >= 11 is 0. The molecular formula is C9H11F4N5. The van der Waals surface area contributed by atoms with E-state index in [0.29, 0.717) is 11.2 Å². The number of nitrogen functional groups attached to an aromatic ring is 1. The average Bonchev–Trinajstić information content (AvgIpc) is 2.68. The van der Waals surface area contributed by atoms with Crippen LogP contribution in [0.1, 0.15) is 5.69 Å². The molecule has 0 spiro atoms. The van der Waals surface area contributed by atoms with Gasteiger partial charge in [0.2, 0.25) is 5.95 Å². The van der Waals surface area contributed by atoms with Gasteiger partial charge in [-0.2, -0.15) is 13.9 Å². The Kier molecular flexibility index (Phi) is 2.71. The van der Waals surface area contributed by atoms with Gasteiger partial charge in [-0.05, 0) is 6.92 Å². The largest absolute Gasteiger partial charge is 0.369 e. The molecule has 9 heteroatoms. The lowest BCUT2D eigenvalue weighted by atomic mass is 10.3. The number of fused-ring (bicyclic) bond motifs is 1. The Bertz CT molecular complexity index is 585. The third-order valence-corrected chi connectivity index (χ3v) is 2.61. The first-order valence-electron chi connectivity index (χ1n) is 5.05. The predicted octanol–water partition coefficient (Wildman–Crippen LogP) is 1.56. The SMILES string of the molecule is Cc1nn(C)c2c1nc(N)n2CC(F)(F)C(F)F. The maximum atomic E-state index is 13.1. The van der Waals surface area contributed by atoms with Crippen molar-refractivity contribution >= 4 is 17.1 Å². The van der Waals surface area contributed by atoms with Crippen LogP contribution in [0, 0.1) is 6.92 Å². The lowest BCUT2D eigenvalue weighted by Gasteiger charge is -2.16. The molecule has 2 aromatic heterocycles. The summed E-state index contributed by atoms with van der Waals surface area (Å²) in [6.45, 7) is 0.399. The molecule has 18 heavy (non-hydrogen) atoms. The van der Waals surface area contributed by atoms with Crippen molar-refractivity contribution in [2.75, 3.05) is 5.73 Å². The van der Waals surface area contributed by atoms with Crippen molar-refractivity contribution in [1.82, 2.24) is 19.3 Å². The van der Waals surface area contributed by atoms with E-state index in [4.69, 9.17) is 5.73 Å². The number of nitrogens with zero attached hydrogens (tertiary/aromatic N) is 4. The van der Waals surface area contributed by atoms with Gasteiger partial charge in [0, 0.05) is 7.05 Å². The summed E-state index contributed by atoms with van der Waals surface area (Å²) in [4.78, 5) is 3.86. The zero-order chi connectivity index (χ0) is 13.7. The van der Waals surface area contributed by atoms with Crippen molar-refractivity contribution < 1.29 is 17.6 Å². The summed E-state index contributed by atoms with van der Waals surface area (Å²) in [5.74, 6) is -4.40. The number of imidazole rings is 1. The summed E-state index contributed by atoms with van der Waals surface area (Å²) in [6, 6.07) is 0. The van der Waals surface area contributed by atoms with Crippen molar-refractivity contribution in [2.24, 2.45) is 7.05 Å². The van der Waals surface area contributed by atoms with Crippen LogP contribution in [0.5, 0.6) is 0 Å². The second kappa shape index (κ2) is 3.85. The molecule has 2 N–H and O–H groups in total. The van der Waals surface area contributed by atoms with E-state index in [1.807, 2.05) is 0 Å². The average molecular weight is 265 g/mol. The van der Waals surface area contributed by atoms with Gasteiger partial charge in [0.1, 0.15) is 5.52 Å². The molecule has 0 fully saturated rings. The van der Waals surface area contributed by atoms with Gasteiger partial charge in [-0.25, -0.2) is 13.8 Å². The minimum Gasteiger partial charge on any atom is -0.369 e. The summed E-state index contributed by atoms with van der Waals surface area (Å²) < 4.78 is 52.7. The first-order valence-corrected chi connectivity index (χ1v) is 5.05. The molecule has 0 bridgehead atoms. The molecule has 0 saturated carbocycles. The molecule has 0 aliphatic carbocycles. The maximum absolute atomic E-state index is 13.1.